The van der Waals surface area contributed by atoms with Crippen molar-refractivity contribution in [3.63, 3.8) is 0 Å². The van der Waals surface area contributed by atoms with E-state index in [2.05, 4.69) is 0 Å². The Kier molecular flexibility index (Phi) is 7.77. The number of unbranched alkanes of at least 4 members (excludes halogenated alkanes) is 1. The lowest BCUT2D eigenvalue weighted by Gasteiger charge is -2.18. The van der Waals surface area contributed by atoms with E-state index in [0.29, 0.717) is 18.9 Å². The number of rotatable bonds is 10. The molecule has 142 valence electrons. The average molecular weight is 366 g/mol. The normalized spacial score (nSPS) is 11.6. The second-order valence-electron chi connectivity index (χ2n) is 5.82. The summed E-state index contributed by atoms with van der Waals surface area (Å²) in [5.41, 5.74) is -2.46. The summed E-state index contributed by atoms with van der Waals surface area (Å²) in [6.45, 7) is 3.90. The molecule has 0 aliphatic carbocycles. The van der Waals surface area contributed by atoms with Gasteiger partial charge in [-0.3, -0.25) is 0 Å². The maximum atomic E-state index is 12.4. The van der Waals surface area contributed by atoms with Crippen molar-refractivity contribution in [2.45, 2.75) is 52.1 Å². The van der Waals surface area contributed by atoms with Gasteiger partial charge in [-0.1, -0.05) is 33.1 Å². The third-order valence-electron chi connectivity index (χ3n) is 3.83. The number of ether oxygens (including phenoxy) is 1. The lowest BCUT2D eigenvalue weighted by Crippen LogP contribution is -2.22. The van der Waals surface area contributed by atoms with Crippen molar-refractivity contribution in [1.29, 1.82) is 0 Å². The van der Waals surface area contributed by atoms with Crippen LogP contribution in [0.15, 0.2) is 12.1 Å². The van der Waals surface area contributed by atoms with E-state index in [1.807, 2.05) is 13.8 Å². The number of benzene rings is 1. The van der Waals surface area contributed by atoms with Crippen molar-refractivity contribution >= 4 is 23.9 Å². The zero-order valence-corrected chi connectivity index (χ0v) is 14.7. The SMILES string of the molecule is CCCCC(CCC)OC(=O)c1cc(C(=O)O)c(C(=O)O)cc1C(=O)O. The Morgan fingerprint density at radius 1 is 0.808 bits per heavy atom. The number of carbonyl (C=O) groups excluding carboxylic acids is 1. The Balaban J connectivity index is 3.33. The molecule has 0 fully saturated rings. The summed E-state index contributed by atoms with van der Waals surface area (Å²) in [7, 11) is 0. The molecule has 0 saturated heterocycles. The number of carboxylic acid groups (broad SMARTS) is 3. The largest absolute Gasteiger partial charge is 0.478 e. The Morgan fingerprint density at radius 3 is 1.69 bits per heavy atom. The fourth-order valence-electron chi connectivity index (χ4n) is 2.53. The first-order chi connectivity index (χ1) is 12.2. The maximum absolute atomic E-state index is 12.4. The minimum atomic E-state index is -1.60. The number of hydrogen-bond acceptors (Lipinski definition) is 5. The number of aromatic carboxylic acids is 3. The topological polar surface area (TPSA) is 138 Å². The third kappa shape index (κ3) is 5.30. The van der Waals surface area contributed by atoms with Crippen LogP contribution in [-0.4, -0.2) is 45.3 Å². The van der Waals surface area contributed by atoms with Crippen LogP contribution in [-0.2, 0) is 4.74 Å². The Morgan fingerprint density at radius 2 is 1.27 bits per heavy atom. The molecule has 0 aliphatic rings. The lowest BCUT2D eigenvalue weighted by molar-refractivity contribution is 0.0249. The molecule has 1 unspecified atom stereocenters. The van der Waals surface area contributed by atoms with E-state index in [4.69, 9.17) is 14.9 Å². The van der Waals surface area contributed by atoms with Crippen LogP contribution in [0.2, 0.25) is 0 Å². The summed E-state index contributed by atoms with van der Waals surface area (Å²) in [5, 5.41) is 27.5. The molecule has 0 saturated carbocycles. The van der Waals surface area contributed by atoms with E-state index < -0.39 is 52.2 Å². The van der Waals surface area contributed by atoms with Crippen molar-refractivity contribution < 1.29 is 39.2 Å². The molecule has 0 radical (unpaired) electrons. The summed E-state index contributed by atoms with van der Waals surface area (Å²) in [6, 6.07) is 1.42. The zero-order valence-electron chi connectivity index (χ0n) is 14.7. The molecular formula is C18H22O8. The lowest BCUT2D eigenvalue weighted by atomic mass is 9.98. The molecule has 1 rings (SSSR count). The predicted molar refractivity (Wildman–Crippen MR) is 91.0 cm³/mol. The highest BCUT2D eigenvalue weighted by atomic mass is 16.5. The van der Waals surface area contributed by atoms with Crippen LogP contribution in [0.4, 0.5) is 0 Å². The quantitative estimate of drug-likeness (QED) is 0.536. The van der Waals surface area contributed by atoms with Crippen LogP contribution in [0, 0.1) is 0 Å². The summed E-state index contributed by atoms with van der Waals surface area (Å²) < 4.78 is 5.36. The summed E-state index contributed by atoms with van der Waals surface area (Å²) in [6.07, 6.45) is 3.26. The number of esters is 1. The van der Waals surface area contributed by atoms with Gasteiger partial charge in [-0.2, -0.15) is 0 Å². The standard InChI is InChI=1S/C18H22O8/c1-3-5-7-10(6-4-2)26-18(25)14-9-12(16(21)22)11(15(19)20)8-13(14)17(23)24/h8-10H,3-7H2,1-2H3,(H,19,20)(H,21,22)(H,23,24). The number of hydrogen-bond donors (Lipinski definition) is 3. The van der Waals surface area contributed by atoms with Crippen molar-refractivity contribution in [2.75, 3.05) is 0 Å². The first-order valence-electron chi connectivity index (χ1n) is 8.31. The molecule has 0 bridgehead atoms. The molecule has 1 aromatic rings. The van der Waals surface area contributed by atoms with Gasteiger partial charge in [0.15, 0.2) is 0 Å². The van der Waals surface area contributed by atoms with Crippen molar-refractivity contribution in [1.82, 2.24) is 0 Å². The first kappa shape index (κ1) is 21.1. The van der Waals surface area contributed by atoms with E-state index in [0.717, 1.165) is 25.3 Å². The molecule has 1 aromatic carbocycles. The predicted octanol–water partition coefficient (Wildman–Crippen LogP) is 3.30. The molecular weight excluding hydrogens is 344 g/mol. The third-order valence-corrected chi connectivity index (χ3v) is 3.83. The maximum Gasteiger partial charge on any atom is 0.339 e. The molecule has 0 aromatic heterocycles. The summed E-state index contributed by atoms with van der Waals surface area (Å²) >= 11 is 0. The fourth-order valence-corrected chi connectivity index (χ4v) is 2.53. The monoisotopic (exact) mass is 366 g/mol. The number of carboxylic acids is 3. The van der Waals surface area contributed by atoms with Crippen LogP contribution in [0.3, 0.4) is 0 Å². The van der Waals surface area contributed by atoms with Gasteiger partial charge in [0, 0.05) is 0 Å². The van der Waals surface area contributed by atoms with E-state index in [1.165, 1.54) is 0 Å². The summed E-state index contributed by atoms with van der Waals surface area (Å²) in [5.74, 6) is -5.70. The van der Waals surface area contributed by atoms with Gasteiger partial charge in [0.1, 0.15) is 6.10 Å². The highest BCUT2D eigenvalue weighted by Crippen LogP contribution is 2.21. The molecule has 3 N–H and O–H groups in total. The second kappa shape index (κ2) is 9.55. The van der Waals surface area contributed by atoms with Gasteiger partial charge in [-0.15, -0.1) is 0 Å². The molecule has 0 spiro atoms. The Bertz CT molecular complexity index is 707. The molecule has 0 heterocycles. The molecule has 0 amide bonds. The van der Waals surface area contributed by atoms with Gasteiger partial charge in [-0.25, -0.2) is 19.2 Å². The van der Waals surface area contributed by atoms with Crippen LogP contribution in [0.25, 0.3) is 0 Å². The molecule has 8 nitrogen and oxygen atoms in total. The fraction of sp³-hybridized carbons (Fsp3) is 0.444. The summed E-state index contributed by atoms with van der Waals surface area (Å²) in [4.78, 5) is 46.3. The van der Waals surface area contributed by atoms with E-state index >= 15 is 0 Å². The van der Waals surface area contributed by atoms with Gasteiger partial charge in [0.25, 0.3) is 0 Å². The van der Waals surface area contributed by atoms with E-state index in [1.54, 1.807) is 0 Å². The molecule has 0 aliphatic heterocycles. The highest BCUT2D eigenvalue weighted by Gasteiger charge is 2.27. The Labute approximate surface area is 150 Å². The van der Waals surface area contributed by atoms with Gasteiger partial charge in [-0.05, 0) is 25.0 Å². The molecule has 8 heteroatoms. The van der Waals surface area contributed by atoms with Gasteiger partial charge < -0.3 is 20.1 Å². The minimum absolute atomic E-state index is 0.415. The van der Waals surface area contributed by atoms with Crippen molar-refractivity contribution in [3.05, 3.63) is 34.4 Å². The van der Waals surface area contributed by atoms with Crippen LogP contribution < -0.4 is 0 Å². The number of carbonyl (C=O) groups is 4. The van der Waals surface area contributed by atoms with Gasteiger partial charge >= 0.3 is 23.9 Å². The van der Waals surface area contributed by atoms with Crippen molar-refractivity contribution in [2.24, 2.45) is 0 Å². The minimum Gasteiger partial charge on any atom is -0.478 e. The van der Waals surface area contributed by atoms with Crippen LogP contribution in [0.5, 0.6) is 0 Å². The highest BCUT2D eigenvalue weighted by molar-refractivity contribution is 6.09. The van der Waals surface area contributed by atoms with Gasteiger partial charge in [0.2, 0.25) is 0 Å². The van der Waals surface area contributed by atoms with Crippen LogP contribution in [0.1, 0.15) is 87.4 Å². The molecule has 1 atom stereocenters. The Hall–Kier alpha value is -2.90. The van der Waals surface area contributed by atoms with E-state index in [-0.39, 0.29) is 0 Å². The van der Waals surface area contributed by atoms with E-state index in [9.17, 15) is 24.3 Å². The zero-order chi connectivity index (χ0) is 19.9. The van der Waals surface area contributed by atoms with Crippen molar-refractivity contribution in [3.8, 4) is 0 Å². The van der Waals surface area contributed by atoms with Gasteiger partial charge in [0.05, 0.1) is 22.3 Å². The second-order valence-corrected chi connectivity index (χ2v) is 5.82. The molecule has 26 heavy (non-hydrogen) atoms. The first-order valence-corrected chi connectivity index (χ1v) is 8.31. The average Bonchev–Trinajstić information content (AvgIpc) is 2.58. The smallest absolute Gasteiger partial charge is 0.339 e. The van der Waals surface area contributed by atoms with Crippen LogP contribution >= 0.6 is 0 Å².